The second kappa shape index (κ2) is 4.44. The highest BCUT2D eigenvalue weighted by atomic mass is 16.3. The van der Waals surface area contributed by atoms with Crippen molar-refractivity contribution in [2.24, 2.45) is 0 Å². The number of hydrogen-bond acceptors (Lipinski definition) is 3. The Balaban J connectivity index is 2.50. The third-order valence-corrected chi connectivity index (χ3v) is 2.10. The van der Waals surface area contributed by atoms with Gasteiger partial charge in [-0.05, 0) is 31.5 Å². The van der Waals surface area contributed by atoms with Crippen molar-refractivity contribution >= 4 is 0 Å². The van der Waals surface area contributed by atoms with E-state index in [2.05, 4.69) is 5.32 Å². The van der Waals surface area contributed by atoms with Crippen molar-refractivity contribution < 1.29 is 10.2 Å². The predicted octanol–water partition coefficient (Wildman–Crippen LogP) is 1.25. The maximum Gasteiger partial charge on any atom is 0.115 e. The van der Waals surface area contributed by atoms with E-state index >= 15 is 0 Å². The third kappa shape index (κ3) is 3.36. The summed E-state index contributed by atoms with van der Waals surface area (Å²) in [6.45, 7) is 4.67. The number of aromatic hydroxyl groups is 1. The van der Waals surface area contributed by atoms with Gasteiger partial charge in [0.25, 0.3) is 0 Å². The van der Waals surface area contributed by atoms with Gasteiger partial charge in [0.2, 0.25) is 0 Å². The van der Waals surface area contributed by atoms with E-state index in [1.807, 2.05) is 26.0 Å². The van der Waals surface area contributed by atoms with Crippen molar-refractivity contribution in [2.75, 3.05) is 6.61 Å². The SMILES string of the molecule is CC(C)(CO)NCc1ccc(O)cc1. The number of nitrogens with one attached hydrogen (secondary N) is 1. The van der Waals surface area contributed by atoms with Gasteiger partial charge in [0.05, 0.1) is 6.61 Å². The highest BCUT2D eigenvalue weighted by molar-refractivity contribution is 5.25. The molecule has 0 radical (unpaired) electrons. The third-order valence-electron chi connectivity index (χ3n) is 2.10. The van der Waals surface area contributed by atoms with E-state index in [0.717, 1.165) is 5.56 Å². The summed E-state index contributed by atoms with van der Waals surface area (Å²) in [5.74, 6) is 0.273. The normalized spacial score (nSPS) is 11.6. The smallest absolute Gasteiger partial charge is 0.115 e. The molecule has 1 rings (SSSR count). The fraction of sp³-hybridized carbons (Fsp3) is 0.455. The maximum absolute atomic E-state index is 9.07. The molecule has 0 unspecified atom stereocenters. The second-order valence-electron chi connectivity index (χ2n) is 4.06. The van der Waals surface area contributed by atoms with Gasteiger partial charge in [-0.25, -0.2) is 0 Å². The van der Waals surface area contributed by atoms with Crippen LogP contribution in [0.2, 0.25) is 0 Å². The van der Waals surface area contributed by atoms with Crippen LogP contribution in [0.3, 0.4) is 0 Å². The number of hydrogen-bond donors (Lipinski definition) is 3. The van der Waals surface area contributed by atoms with Gasteiger partial charge >= 0.3 is 0 Å². The van der Waals surface area contributed by atoms with Crippen LogP contribution in [0.4, 0.5) is 0 Å². The van der Waals surface area contributed by atoms with Crippen LogP contribution in [0.5, 0.6) is 5.75 Å². The molecule has 0 aromatic heterocycles. The standard InChI is InChI=1S/C11H17NO2/c1-11(2,8-13)12-7-9-3-5-10(14)6-4-9/h3-6,12-14H,7-8H2,1-2H3. The van der Waals surface area contributed by atoms with Crippen molar-refractivity contribution in [3.05, 3.63) is 29.8 Å². The van der Waals surface area contributed by atoms with E-state index in [1.54, 1.807) is 12.1 Å². The van der Waals surface area contributed by atoms with Gasteiger partial charge in [0.15, 0.2) is 0 Å². The monoisotopic (exact) mass is 195 g/mol. The summed E-state index contributed by atoms with van der Waals surface area (Å²) in [4.78, 5) is 0. The quantitative estimate of drug-likeness (QED) is 0.677. The fourth-order valence-corrected chi connectivity index (χ4v) is 1.01. The summed E-state index contributed by atoms with van der Waals surface area (Å²) in [7, 11) is 0. The minimum absolute atomic E-state index is 0.102. The largest absolute Gasteiger partial charge is 0.508 e. The lowest BCUT2D eigenvalue weighted by atomic mass is 10.1. The van der Waals surface area contributed by atoms with E-state index in [4.69, 9.17) is 10.2 Å². The minimum Gasteiger partial charge on any atom is -0.508 e. The van der Waals surface area contributed by atoms with Gasteiger partial charge in [-0.3, -0.25) is 0 Å². The topological polar surface area (TPSA) is 52.5 Å². The molecular weight excluding hydrogens is 178 g/mol. The number of aliphatic hydroxyl groups is 1. The van der Waals surface area contributed by atoms with Gasteiger partial charge in [-0.2, -0.15) is 0 Å². The molecule has 0 saturated heterocycles. The lowest BCUT2D eigenvalue weighted by molar-refractivity contribution is 0.187. The Hall–Kier alpha value is -1.06. The van der Waals surface area contributed by atoms with E-state index < -0.39 is 0 Å². The maximum atomic E-state index is 9.07. The Morgan fingerprint density at radius 2 is 1.79 bits per heavy atom. The van der Waals surface area contributed by atoms with Gasteiger partial charge in [-0.1, -0.05) is 12.1 Å². The summed E-state index contributed by atoms with van der Waals surface area (Å²) < 4.78 is 0. The molecule has 0 amide bonds. The Morgan fingerprint density at radius 3 is 2.29 bits per heavy atom. The summed E-state index contributed by atoms with van der Waals surface area (Å²) in [6, 6.07) is 7.03. The molecule has 78 valence electrons. The first-order chi connectivity index (χ1) is 6.53. The van der Waals surface area contributed by atoms with E-state index in [0.29, 0.717) is 6.54 Å². The van der Waals surface area contributed by atoms with Gasteiger partial charge in [0, 0.05) is 12.1 Å². The Morgan fingerprint density at radius 1 is 1.21 bits per heavy atom. The minimum atomic E-state index is -0.266. The van der Waals surface area contributed by atoms with Crippen LogP contribution in [-0.2, 0) is 6.54 Å². The molecule has 0 bridgehead atoms. The van der Waals surface area contributed by atoms with Crippen LogP contribution in [0.1, 0.15) is 19.4 Å². The molecule has 0 atom stereocenters. The molecule has 0 aliphatic heterocycles. The van der Waals surface area contributed by atoms with E-state index in [-0.39, 0.29) is 17.9 Å². The average Bonchev–Trinajstić information content (AvgIpc) is 2.17. The zero-order valence-electron chi connectivity index (χ0n) is 8.62. The number of aliphatic hydroxyl groups excluding tert-OH is 1. The molecule has 3 nitrogen and oxygen atoms in total. The van der Waals surface area contributed by atoms with Crippen LogP contribution >= 0.6 is 0 Å². The Labute approximate surface area is 84.4 Å². The van der Waals surface area contributed by atoms with E-state index in [9.17, 15) is 0 Å². The number of rotatable bonds is 4. The van der Waals surface area contributed by atoms with Gasteiger partial charge in [-0.15, -0.1) is 0 Å². The number of phenolic OH excluding ortho intramolecular Hbond substituents is 1. The molecule has 3 N–H and O–H groups in total. The van der Waals surface area contributed by atoms with E-state index in [1.165, 1.54) is 0 Å². The number of benzene rings is 1. The predicted molar refractivity (Wildman–Crippen MR) is 56.1 cm³/mol. The molecular formula is C11H17NO2. The number of phenols is 1. The van der Waals surface area contributed by atoms with Crippen LogP contribution in [-0.4, -0.2) is 22.4 Å². The van der Waals surface area contributed by atoms with Crippen molar-refractivity contribution in [2.45, 2.75) is 25.9 Å². The fourth-order valence-electron chi connectivity index (χ4n) is 1.01. The van der Waals surface area contributed by atoms with Crippen LogP contribution in [0.25, 0.3) is 0 Å². The first-order valence-electron chi connectivity index (χ1n) is 4.67. The first-order valence-corrected chi connectivity index (χ1v) is 4.67. The van der Waals surface area contributed by atoms with Crippen LogP contribution < -0.4 is 5.32 Å². The van der Waals surface area contributed by atoms with Crippen molar-refractivity contribution in [3.63, 3.8) is 0 Å². The molecule has 1 aromatic rings. The zero-order valence-corrected chi connectivity index (χ0v) is 8.62. The molecule has 0 aliphatic rings. The molecule has 3 heteroatoms. The lowest BCUT2D eigenvalue weighted by Crippen LogP contribution is -2.42. The van der Waals surface area contributed by atoms with Gasteiger partial charge < -0.3 is 15.5 Å². The van der Waals surface area contributed by atoms with Crippen LogP contribution in [0.15, 0.2) is 24.3 Å². The molecule has 0 spiro atoms. The average molecular weight is 195 g/mol. The first kappa shape index (κ1) is 11.0. The molecule has 0 heterocycles. The summed E-state index contributed by atoms with van der Waals surface area (Å²) >= 11 is 0. The lowest BCUT2D eigenvalue weighted by Gasteiger charge is -2.23. The summed E-state index contributed by atoms with van der Waals surface area (Å²) in [6.07, 6.45) is 0. The molecule has 0 aliphatic carbocycles. The highest BCUT2D eigenvalue weighted by Crippen LogP contribution is 2.10. The highest BCUT2D eigenvalue weighted by Gasteiger charge is 2.14. The molecule has 0 saturated carbocycles. The van der Waals surface area contributed by atoms with Crippen molar-refractivity contribution in [1.82, 2.24) is 5.32 Å². The molecule has 0 fully saturated rings. The second-order valence-corrected chi connectivity index (χ2v) is 4.06. The van der Waals surface area contributed by atoms with Crippen molar-refractivity contribution in [1.29, 1.82) is 0 Å². The zero-order chi connectivity index (χ0) is 10.6. The Bertz CT molecular complexity index is 280. The van der Waals surface area contributed by atoms with Crippen LogP contribution in [0, 0.1) is 0 Å². The van der Waals surface area contributed by atoms with Gasteiger partial charge in [0.1, 0.15) is 5.75 Å². The van der Waals surface area contributed by atoms with Crippen molar-refractivity contribution in [3.8, 4) is 5.75 Å². The Kier molecular flexibility index (Phi) is 3.49. The molecule has 1 aromatic carbocycles. The summed E-state index contributed by atoms with van der Waals surface area (Å²) in [5, 5.41) is 21.3. The molecule has 14 heavy (non-hydrogen) atoms. The summed E-state index contributed by atoms with van der Waals surface area (Å²) in [5.41, 5.74) is 0.821.